The maximum atomic E-state index is 14.0. The van der Waals surface area contributed by atoms with Crippen molar-refractivity contribution in [1.82, 2.24) is 25.0 Å². The third-order valence-corrected chi connectivity index (χ3v) is 7.12. The lowest BCUT2D eigenvalue weighted by Crippen LogP contribution is -2.56. The fourth-order valence-corrected chi connectivity index (χ4v) is 4.45. The van der Waals surface area contributed by atoms with Gasteiger partial charge >= 0.3 is 12.2 Å². The van der Waals surface area contributed by atoms with Gasteiger partial charge in [-0.15, -0.1) is 10.2 Å². The van der Waals surface area contributed by atoms with Crippen LogP contribution in [0.1, 0.15) is 67.7 Å². The standard InChI is InChI=1S/C24H32F4N6O2/c1-15(20-30-21(32-31-20)23(36)8-9-23)3-2-10-33(14-29)22(35)34-12-16(13-34)4-5-17-6-7-18(11-19(17)25)24(26,27)28/h6-7,11,15-16,36H,2-5,8-10,12-14,29H2,1H3,(H,30,31,32). The van der Waals surface area contributed by atoms with Crippen molar-refractivity contribution in [3.05, 3.63) is 46.8 Å². The second kappa shape index (κ2) is 10.3. The largest absolute Gasteiger partial charge is 0.416 e. The summed E-state index contributed by atoms with van der Waals surface area (Å²) in [5.41, 5.74) is 4.20. The second-order valence-corrected chi connectivity index (χ2v) is 9.98. The number of aliphatic hydroxyl groups is 1. The summed E-state index contributed by atoms with van der Waals surface area (Å²) in [7, 11) is 0. The first kappa shape index (κ1) is 26.3. The number of alkyl halides is 3. The Morgan fingerprint density at radius 3 is 2.67 bits per heavy atom. The molecule has 2 aromatic rings. The van der Waals surface area contributed by atoms with Crippen molar-refractivity contribution >= 4 is 6.03 Å². The van der Waals surface area contributed by atoms with E-state index in [1.54, 1.807) is 9.80 Å². The fraction of sp³-hybridized carbons (Fsp3) is 0.625. The predicted octanol–water partition coefficient (Wildman–Crippen LogP) is 3.73. The average Bonchev–Trinajstić information content (AvgIpc) is 3.34. The molecule has 2 amide bonds. The number of nitrogens with zero attached hydrogens (tertiary/aromatic N) is 4. The smallest absolute Gasteiger partial charge is 0.382 e. The van der Waals surface area contributed by atoms with Gasteiger partial charge in [0.05, 0.1) is 12.2 Å². The molecule has 1 atom stereocenters. The number of H-pyrrole nitrogens is 1. The highest BCUT2D eigenvalue weighted by atomic mass is 19.4. The number of hydrogen-bond donors (Lipinski definition) is 3. The number of hydrogen-bond acceptors (Lipinski definition) is 5. The number of aromatic nitrogens is 3. The van der Waals surface area contributed by atoms with Gasteiger partial charge in [-0.25, -0.2) is 9.18 Å². The Labute approximate surface area is 206 Å². The van der Waals surface area contributed by atoms with Crippen molar-refractivity contribution in [2.45, 2.75) is 63.1 Å². The third-order valence-electron chi connectivity index (χ3n) is 7.12. The molecule has 1 saturated carbocycles. The van der Waals surface area contributed by atoms with Crippen LogP contribution in [0.5, 0.6) is 0 Å². The number of amides is 2. The summed E-state index contributed by atoms with van der Waals surface area (Å²) in [6, 6.07) is 2.46. The van der Waals surface area contributed by atoms with Gasteiger partial charge in [0.25, 0.3) is 0 Å². The maximum Gasteiger partial charge on any atom is 0.416 e. The van der Waals surface area contributed by atoms with E-state index in [1.807, 2.05) is 6.92 Å². The van der Waals surface area contributed by atoms with Gasteiger partial charge in [0.15, 0.2) is 5.82 Å². The molecule has 12 heteroatoms. The van der Waals surface area contributed by atoms with Crippen molar-refractivity contribution in [3.8, 4) is 0 Å². The molecule has 1 aliphatic heterocycles. The fourth-order valence-electron chi connectivity index (χ4n) is 4.45. The van der Waals surface area contributed by atoms with E-state index in [0.717, 1.165) is 18.9 Å². The number of nitrogens with two attached hydrogens (primary N) is 1. The minimum atomic E-state index is -4.57. The quantitative estimate of drug-likeness (QED) is 0.332. The SMILES string of the molecule is CC(CCCN(CN)C(=O)N1CC(CCc2ccc(C(F)(F)F)cc2F)C1)c1nnc(C2(O)CC2)[nH]1. The number of halogens is 4. The summed E-state index contributed by atoms with van der Waals surface area (Å²) in [4.78, 5) is 19.2. The molecular weight excluding hydrogens is 480 g/mol. The Hall–Kier alpha value is -2.73. The Balaban J connectivity index is 1.17. The van der Waals surface area contributed by atoms with Crippen molar-refractivity contribution in [3.63, 3.8) is 0 Å². The summed E-state index contributed by atoms with van der Waals surface area (Å²) in [6.07, 6.45) is -0.816. The van der Waals surface area contributed by atoms with Crippen LogP contribution < -0.4 is 5.73 Å². The van der Waals surface area contributed by atoms with Gasteiger partial charge in [-0.05, 0) is 62.1 Å². The van der Waals surface area contributed by atoms with Gasteiger partial charge in [0.2, 0.25) is 0 Å². The third kappa shape index (κ3) is 5.97. The number of aryl methyl sites for hydroxylation is 1. The summed E-state index contributed by atoms with van der Waals surface area (Å²) < 4.78 is 52.1. The minimum absolute atomic E-state index is 0.0855. The number of likely N-dealkylation sites (tertiary alicyclic amines) is 1. The Kier molecular flexibility index (Phi) is 7.56. The number of aromatic amines is 1. The Bertz CT molecular complexity index is 1070. The van der Waals surface area contributed by atoms with Gasteiger partial charge in [-0.3, -0.25) is 0 Å². The van der Waals surface area contributed by atoms with Crippen LogP contribution in [0.15, 0.2) is 18.2 Å². The molecule has 1 saturated heterocycles. The van der Waals surface area contributed by atoms with Gasteiger partial charge in [-0.1, -0.05) is 13.0 Å². The molecule has 1 aromatic heterocycles. The number of carbonyl (C=O) groups is 1. The highest BCUT2D eigenvalue weighted by Crippen LogP contribution is 2.43. The molecular formula is C24H32F4N6O2. The van der Waals surface area contributed by atoms with Gasteiger partial charge in [-0.2, -0.15) is 13.2 Å². The van der Waals surface area contributed by atoms with E-state index in [0.29, 0.717) is 63.0 Å². The van der Waals surface area contributed by atoms with Crippen LogP contribution in [0.3, 0.4) is 0 Å². The molecule has 2 fully saturated rings. The zero-order valence-electron chi connectivity index (χ0n) is 20.2. The predicted molar refractivity (Wildman–Crippen MR) is 123 cm³/mol. The first-order chi connectivity index (χ1) is 17.0. The summed E-state index contributed by atoms with van der Waals surface area (Å²) in [6.45, 7) is 3.61. The Morgan fingerprint density at radius 2 is 2.06 bits per heavy atom. The molecule has 0 radical (unpaired) electrons. The maximum absolute atomic E-state index is 14.0. The molecule has 1 aromatic carbocycles. The Morgan fingerprint density at radius 1 is 1.33 bits per heavy atom. The van der Waals surface area contributed by atoms with E-state index >= 15 is 0 Å². The van der Waals surface area contributed by atoms with Crippen LogP contribution >= 0.6 is 0 Å². The molecule has 1 aliphatic carbocycles. The van der Waals surface area contributed by atoms with E-state index < -0.39 is 23.2 Å². The van der Waals surface area contributed by atoms with Crippen LogP contribution in [-0.4, -0.2) is 62.4 Å². The monoisotopic (exact) mass is 512 g/mol. The summed E-state index contributed by atoms with van der Waals surface area (Å²) >= 11 is 0. The van der Waals surface area contributed by atoms with E-state index in [2.05, 4.69) is 15.2 Å². The van der Waals surface area contributed by atoms with Crippen molar-refractivity contribution in [2.24, 2.45) is 11.7 Å². The summed E-state index contributed by atoms with van der Waals surface area (Å²) in [5.74, 6) is 0.618. The number of urea groups is 1. The average molecular weight is 513 g/mol. The highest BCUT2D eigenvalue weighted by molar-refractivity contribution is 5.75. The number of nitrogens with one attached hydrogen (secondary N) is 1. The first-order valence-corrected chi connectivity index (χ1v) is 12.2. The lowest BCUT2D eigenvalue weighted by Gasteiger charge is -2.42. The number of benzene rings is 1. The first-order valence-electron chi connectivity index (χ1n) is 12.2. The van der Waals surface area contributed by atoms with Crippen LogP contribution in [-0.2, 0) is 18.2 Å². The van der Waals surface area contributed by atoms with Crippen molar-refractivity contribution in [1.29, 1.82) is 0 Å². The number of rotatable bonds is 10. The zero-order chi connectivity index (χ0) is 26.1. The molecule has 2 aliphatic rings. The van der Waals surface area contributed by atoms with E-state index in [9.17, 15) is 27.5 Å². The van der Waals surface area contributed by atoms with Crippen LogP contribution in [0, 0.1) is 11.7 Å². The number of carbonyl (C=O) groups excluding carboxylic acids is 1. The molecule has 198 valence electrons. The molecule has 0 bridgehead atoms. The van der Waals surface area contributed by atoms with Crippen LogP contribution in [0.25, 0.3) is 0 Å². The van der Waals surface area contributed by atoms with Crippen molar-refractivity contribution in [2.75, 3.05) is 26.3 Å². The highest BCUT2D eigenvalue weighted by Gasteiger charge is 2.45. The van der Waals surface area contributed by atoms with E-state index in [4.69, 9.17) is 5.73 Å². The lowest BCUT2D eigenvalue weighted by molar-refractivity contribution is -0.137. The lowest BCUT2D eigenvalue weighted by atomic mass is 9.92. The second-order valence-electron chi connectivity index (χ2n) is 9.98. The molecule has 36 heavy (non-hydrogen) atoms. The molecule has 4 N–H and O–H groups in total. The molecule has 0 spiro atoms. The molecule has 1 unspecified atom stereocenters. The van der Waals surface area contributed by atoms with E-state index in [-0.39, 0.29) is 30.1 Å². The zero-order valence-corrected chi connectivity index (χ0v) is 20.2. The van der Waals surface area contributed by atoms with E-state index in [1.165, 1.54) is 6.07 Å². The molecule has 4 rings (SSSR count). The molecule has 8 nitrogen and oxygen atoms in total. The summed E-state index contributed by atoms with van der Waals surface area (Å²) in [5, 5.41) is 18.3. The topological polar surface area (TPSA) is 111 Å². The van der Waals surface area contributed by atoms with Gasteiger partial charge in [0, 0.05) is 25.6 Å². The van der Waals surface area contributed by atoms with Crippen LogP contribution in [0.4, 0.5) is 22.4 Å². The van der Waals surface area contributed by atoms with Crippen molar-refractivity contribution < 1.29 is 27.5 Å². The normalized spacial score (nSPS) is 18.1. The van der Waals surface area contributed by atoms with Crippen LogP contribution in [0.2, 0.25) is 0 Å². The van der Waals surface area contributed by atoms with Gasteiger partial charge < -0.3 is 25.6 Å². The minimum Gasteiger partial charge on any atom is -0.382 e. The molecule has 2 heterocycles. The van der Waals surface area contributed by atoms with Gasteiger partial charge in [0.1, 0.15) is 17.2 Å².